The lowest BCUT2D eigenvalue weighted by molar-refractivity contribution is 0.232. The molecule has 1 aromatic heterocycles. The second-order valence-corrected chi connectivity index (χ2v) is 4.45. The molecule has 0 aromatic carbocycles. The molecule has 3 nitrogen and oxygen atoms in total. The summed E-state index contributed by atoms with van der Waals surface area (Å²) in [6, 6.07) is 4.00. The van der Waals surface area contributed by atoms with E-state index in [1.54, 1.807) is 0 Å². The summed E-state index contributed by atoms with van der Waals surface area (Å²) < 4.78 is 13.1. The highest BCUT2D eigenvalue weighted by molar-refractivity contribution is 5.46. The molecule has 1 atom stereocenters. The van der Waals surface area contributed by atoms with Crippen molar-refractivity contribution < 1.29 is 4.39 Å². The third-order valence-corrected chi connectivity index (χ3v) is 3.57. The van der Waals surface area contributed by atoms with Crippen LogP contribution in [-0.4, -0.2) is 42.1 Å². The average molecular weight is 237 g/mol. The molecule has 1 aliphatic rings. The first-order valence-corrected chi connectivity index (χ1v) is 6.35. The lowest BCUT2D eigenvalue weighted by Gasteiger charge is -2.26. The Hall–Kier alpha value is -1.16. The zero-order chi connectivity index (χ0) is 12.3. The van der Waals surface area contributed by atoms with Crippen molar-refractivity contribution in [2.24, 2.45) is 0 Å². The van der Waals surface area contributed by atoms with Crippen LogP contribution in [-0.2, 0) is 0 Å². The smallest absolute Gasteiger partial charge is 0.214 e. The van der Waals surface area contributed by atoms with Gasteiger partial charge >= 0.3 is 0 Å². The van der Waals surface area contributed by atoms with Crippen molar-refractivity contribution in [1.82, 2.24) is 9.88 Å². The molecular weight excluding hydrogens is 217 g/mol. The van der Waals surface area contributed by atoms with Crippen LogP contribution in [0.5, 0.6) is 0 Å². The highest BCUT2D eigenvalue weighted by atomic mass is 19.1. The Kier molecular flexibility index (Phi) is 3.94. The van der Waals surface area contributed by atoms with Gasteiger partial charge in [-0.1, -0.05) is 13.8 Å². The standard InChI is InChI=1S/C13H20FN3/c1-3-16(4-2)12-6-8-17(10-12)11-5-7-15-13(14)9-11/h5,7,9,12H,3-4,6,8,10H2,1-2H3. The normalized spacial score (nSPS) is 20.2. The summed E-state index contributed by atoms with van der Waals surface area (Å²) in [6.07, 6.45) is 2.70. The molecule has 0 aliphatic carbocycles. The molecule has 94 valence electrons. The average Bonchev–Trinajstić information content (AvgIpc) is 2.80. The first-order chi connectivity index (χ1) is 8.24. The summed E-state index contributed by atoms with van der Waals surface area (Å²) in [4.78, 5) is 8.31. The molecule has 0 bridgehead atoms. The number of aromatic nitrogens is 1. The largest absolute Gasteiger partial charge is 0.370 e. The van der Waals surface area contributed by atoms with Gasteiger partial charge in [-0.25, -0.2) is 4.98 Å². The number of nitrogens with zero attached hydrogens (tertiary/aromatic N) is 3. The van der Waals surface area contributed by atoms with Crippen molar-refractivity contribution in [3.05, 3.63) is 24.3 Å². The van der Waals surface area contributed by atoms with Gasteiger partial charge in [-0.05, 0) is 25.6 Å². The molecule has 1 unspecified atom stereocenters. The van der Waals surface area contributed by atoms with E-state index in [-0.39, 0.29) is 0 Å². The Morgan fingerprint density at radius 2 is 2.24 bits per heavy atom. The summed E-state index contributed by atoms with van der Waals surface area (Å²) in [5.74, 6) is -0.395. The van der Waals surface area contributed by atoms with E-state index in [4.69, 9.17) is 0 Å². The van der Waals surface area contributed by atoms with E-state index >= 15 is 0 Å². The van der Waals surface area contributed by atoms with Gasteiger partial charge < -0.3 is 4.90 Å². The monoisotopic (exact) mass is 237 g/mol. The van der Waals surface area contributed by atoms with E-state index in [0.29, 0.717) is 6.04 Å². The van der Waals surface area contributed by atoms with Crippen LogP contribution < -0.4 is 4.90 Å². The third kappa shape index (κ3) is 2.75. The Bertz CT molecular complexity index is 365. The van der Waals surface area contributed by atoms with Crippen molar-refractivity contribution in [3.8, 4) is 0 Å². The van der Waals surface area contributed by atoms with Crippen molar-refractivity contribution in [3.63, 3.8) is 0 Å². The van der Waals surface area contributed by atoms with Gasteiger partial charge in [0.05, 0.1) is 0 Å². The number of anilines is 1. The van der Waals surface area contributed by atoms with E-state index in [1.807, 2.05) is 6.07 Å². The lowest BCUT2D eigenvalue weighted by Crippen LogP contribution is -2.37. The molecule has 0 spiro atoms. The molecule has 0 saturated carbocycles. The first kappa shape index (κ1) is 12.3. The quantitative estimate of drug-likeness (QED) is 0.748. The molecule has 4 heteroatoms. The summed E-state index contributed by atoms with van der Waals surface area (Å²) >= 11 is 0. The molecule has 1 fully saturated rings. The SMILES string of the molecule is CCN(CC)C1CCN(c2ccnc(F)c2)C1. The number of hydrogen-bond donors (Lipinski definition) is 0. The van der Waals surface area contributed by atoms with Gasteiger partial charge in [0.25, 0.3) is 0 Å². The minimum atomic E-state index is -0.395. The van der Waals surface area contributed by atoms with Crippen LogP contribution in [0.3, 0.4) is 0 Å². The number of halogens is 1. The van der Waals surface area contributed by atoms with E-state index in [1.165, 1.54) is 12.3 Å². The first-order valence-electron chi connectivity index (χ1n) is 6.35. The van der Waals surface area contributed by atoms with E-state index in [9.17, 15) is 4.39 Å². The van der Waals surface area contributed by atoms with Gasteiger partial charge in [-0.2, -0.15) is 4.39 Å². The van der Waals surface area contributed by atoms with Gasteiger partial charge in [0.2, 0.25) is 5.95 Å². The molecule has 0 amide bonds. The summed E-state index contributed by atoms with van der Waals surface area (Å²) in [7, 11) is 0. The van der Waals surface area contributed by atoms with Crippen molar-refractivity contribution in [2.75, 3.05) is 31.1 Å². The van der Waals surface area contributed by atoms with Gasteiger partial charge in [0.15, 0.2) is 0 Å². The Morgan fingerprint density at radius 1 is 1.47 bits per heavy atom. The van der Waals surface area contributed by atoms with Crippen LogP contribution in [0.15, 0.2) is 18.3 Å². The number of pyridine rings is 1. The second kappa shape index (κ2) is 5.45. The molecule has 1 aliphatic heterocycles. The van der Waals surface area contributed by atoms with Crippen LogP contribution >= 0.6 is 0 Å². The summed E-state index contributed by atoms with van der Waals surface area (Å²) in [5.41, 5.74) is 0.951. The molecule has 0 N–H and O–H groups in total. The van der Waals surface area contributed by atoms with Crippen LogP contribution in [0, 0.1) is 5.95 Å². The Balaban J connectivity index is 2.02. The van der Waals surface area contributed by atoms with Crippen LogP contribution in [0.2, 0.25) is 0 Å². The van der Waals surface area contributed by atoms with Crippen molar-refractivity contribution >= 4 is 5.69 Å². The molecule has 1 aromatic rings. The van der Waals surface area contributed by atoms with E-state index in [0.717, 1.165) is 38.3 Å². The Morgan fingerprint density at radius 3 is 2.88 bits per heavy atom. The molecular formula is C13H20FN3. The lowest BCUT2D eigenvalue weighted by atomic mass is 10.2. The zero-order valence-corrected chi connectivity index (χ0v) is 10.6. The molecule has 1 saturated heterocycles. The predicted octanol–water partition coefficient (Wildman–Crippen LogP) is 2.14. The van der Waals surface area contributed by atoms with E-state index < -0.39 is 5.95 Å². The van der Waals surface area contributed by atoms with Crippen LogP contribution in [0.4, 0.5) is 10.1 Å². The minimum absolute atomic E-state index is 0.395. The molecule has 0 radical (unpaired) electrons. The summed E-state index contributed by atoms with van der Waals surface area (Å²) in [5, 5.41) is 0. The van der Waals surface area contributed by atoms with E-state index in [2.05, 4.69) is 28.6 Å². The van der Waals surface area contributed by atoms with Gasteiger partial charge in [0.1, 0.15) is 0 Å². The molecule has 17 heavy (non-hydrogen) atoms. The van der Waals surface area contributed by atoms with Gasteiger partial charge in [-0.3, -0.25) is 4.90 Å². The topological polar surface area (TPSA) is 19.4 Å². The zero-order valence-electron chi connectivity index (χ0n) is 10.6. The fourth-order valence-corrected chi connectivity index (χ4v) is 2.60. The van der Waals surface area contributed by atoms with Crippen molar-refractivity contribution in [2.45, 2.75) is 26.3 Å². The van der Waals surface area contributed by atoms with Crippen LogP contribution in [0.25, 0.3) is 0 Å². The fraction of sp³-hybridized carbons (Fsp3) is 0.615. The highest BCUT2D eigenvalue weighted by Gasteiger charge is 2.26. The number of rotatable bonds is 4. The fourth-order valence-electron chi connectivity index (χ4n) is 2.60. The number of likely N-dealkylation sites (N-methyl/N-ethyl adjacent to an activating group) is 1. The maximum Gasteiger partial charge on any atom is 0.214 e. The maximum atomic E-state index is 13.1. The van der Waals surface area contributed by atoms with Gasteiger partial charge in [0, 0.05) is 37.1 Å². The van der Waals surface area contributed by atoms with Crippen molar-refractivity contribution in [1.29, 1.82) is 0 Å². The third-order valence-electron chi connectivity index (χ3n) is 3.57. The highest BCUT2D eigenvalue weighted by Crippen LogP contribution is 2.22. The number of hydrogen-bond acceptors (Lipinski definition) is 3. The second-order valence-electron chi connectivity index (χ2n) is 4.45. The molecule has 2 heterocycles. The predicted molar refractivity (Wildman–Crippen MR) is 67.7 cm³/mol. The minimum Gasteiger partial charge on any atom is -0.370 e. The molecule has 2 rings (SSSR count). The summed E-state index contributed by atoms with van der Waals surface area (Å²) in [6.45, 7) is 8.55. The van der Waals surface area contributed by atoms with Gasteiger partial charge in [-0.15, -0.1) is 0 Å². The maximum absolute atomic E-state index is 13.1. The Labute approximate surface area is 102 Å². The van der Waals surface area contributed by atoms with Crippen LogP contribution in [0.1, 0.15) is 20.3 Å².